The van der Waals surface area contributed by atoms with E-state index in [2.05, 4.69) is 11.4 Å². The Morgan fingerprint density at radius 3 is 2.74 bits per heavy atom. The number of nitrogens with one attached hydrogen (secondary N) is 1. The van der Waals surface area contributed by atoms with Gasteiger partial charge in [-0.25, -0.2) is 9.59 Å². The van der Waals surface area contributed by atoms with Gasteiger partial charge in [0.25, 0.3) is 0 Å². The lowest BCUT2D eigenvalue weighted by Crippen LogP contribution is -2.33. The van der Waals surface area contributed by atoms with Gasteiger partial charge in [-0.1, -0.05) is 6.07 Å². The number of esters is 2. The highest BCUT2D eigenvalue weighted by molar-refractivity contribution is 7.99. The van der Waals surface area contributed by atoms with Gasteiger partial charge in [-0.05, 0) is 32.0 Å². The molecule has 1 aromatic rings. The number of hydrogen-bond acceptors (Lipinski definition) is 8. The fraction of sp³-hybridized carbons (Fsp3) is 0.364. The molecule has 1 aliphatic rings. The molecule has 2 rings (SSSR count). The Morgan fingerprint density at radius 1 is 1.32 bits per heavy atom. The largest absolute Gasteiger partial charge is 0.466 e. The minimum Gasteiger partial charge on any atom is -0.466 e. The molecule has 1 N–H and O–H groups in total. The third-order valence-electron chi connectivity index (χ3n) is 4.64. The average Bonchev–Trinajstić information content (AvgIpc) is 2.78. The molecule has 0 atom stereocenters. The molecule has 0 spiro atoms. The fourth-order valence-corrected chi connectivity index (χ4v) is 4.11. The molecule has 0 bridgehead atoms. The SMILES string of the molecule is CCOC(=O)C1=C(CSCCNC=O)N(c2cccc(C#N)c2)C(C)=C(C(=O)OC)C1. The van der Waals surface area contributed by atoms with Crippen molar-refractivity contribution in [2.45, 2.75) is 20.3 Å². The number of amides is 1. The fourth-order valence-electron chi connectivity index (χ4n) is 3.20. The number of rotatable bonds is 10. The summed E-state index contributed by atoms with van der Waals surface area (Å²) in [5, 5.41) is 11.9. The highest BCUT2D eigenvalue weighted by Crippen LogP contribution is 2.37. The van der Waals surface area contributed by atoms with Crippen molar-refractivity contribution in [1.82, 2.24) is 5.32 Å². The molecular formula is C22H25N3O5S. The molecule has 164 valence electrons. The third kappa shape index (κ3) is 5.89. The quantitative estimate of drug-likeness (QED) is 0.334. The number of hydrogen-bond donors (Lipinski definition) is 1. The van der Waals surface area contributed by atoms with E-state index < -0.39 is 11.9 Å². The summed E-state index contributed by atoms with van der Waals surface area (Å²) < 4.78 is 10.2. The third-order valence-corrected chi connectivity index (χ3v) is 5.61. The first-order valence-electron chi connectivity index (χ1n) is 9.70. The molecule has 0 aromatic heterocycles. The van der Waals surface area contributed by atoms with Gasteiger partial charge in [0.15, 0.2) is 0 Å². The molecule has 0 fully saturated rings. The molecule has 0 saturated heterocycles. The Morgan fingerprint density at radius 2 is 2.10 bits per heavy atom. The van der Waals surface area contributed by atoms with Crippen LogP contribution in [0.3, 0.4) is 0 Å². The molecule has 9 heteroatoms. The first kappa shape index (κ1) is 24.0. The van der Waals surface area contributed by atoms with E-state index in [0.717, 1.165) is 0 Å². The van der Waals surface area contributed by atoms with Gasteiger partial charge in [-0.2, -0.15) is 17.0 Å². The molecule has 0 radical (unpaired) electrons. The molecule has 0 saturated carbocycles. The Hall–Kier alpha value is -3.25. The second-order valence-corrected chi connectivity index (χ2v) is 7.61. The number of nitrogens with zero attached hydrogens (tertiary/aromatic N) is 2. The van der Waals surface area contributed by atoms with E-state index in [-0.39, 0.29) is 13.0 Å². The molecular weight excluding hydrogens is 418 g/mol. The van der Waals surface area contributed by atoms with Crippen molar-refractivity contribution in [2.24, 2.45) is 0 Å². The maximum Gasteiger partial charge on any atom is 0.336 e. The van der Waals surface area contributed by atoms with Crippen LogP contribution in [0.5, 0.6) is 0 Å². The normalized spacial score (nSPS) is 13.5. The molecule has 31 heavy (non-hydrogen) atoms. The smallest absolute Gasteiger partial charge is 0.336 e. The summed E-state index contributed by atoms with van der Waals surface area (Å²) >= 11 is 1.53. The number of methoxy groups -OCH3 is 1. The van der Waals surface area contributed by atoms with Crippen LogP contribution in [0.1, 0.15) is 25.8 Å². The summed E-state index contributed by atoms with van der Waals surface area (Å²) in [6.07, 6.45) is 0.730. The zero-order valence-electron chi connectivity index (χ0n) is 17.8. The van der Waals surface area contributed by atoms with Crippen LogP contribution in [0.4, 0.5) is 5.69 Å². The summed E-state index contributed by atoms with van der Waals surface area (Å²) in [5.74, 6) is 0.0518. The van der Waals surface area contributed by atoms with Crippen molar-refractivity contribution in [1.29, 1.82) is 5.26 Å². The number of allylic oxidation sites excluding steroid dienone is 1. The van der Waals surface area contributed by atoms with Gasteiger partial charge in [0.05, 0.1) is 36.5 Å². The van der Waals surface area contributed by atoms with E-state index >= 15 is 0 Å². The zero-order chi connectivity index (χ0) is 22.8. The Balaban J connectivity index is 2.58. The maximum atomic E-state index is 12.8. The van der Waals surface area contributed by atoms with Gasteiger partial charge in [0, 0.05) is 41.6 Å². The lowest BCUT2D eigenvalue weighted by atomic mass is 9.95. The second kappa shape index (κ2) is 11.8. The number of thioether (sulfide) groups is 1. The summed E-state index contributed by atoms with van der Waals surface area (Å²) in [6.45, 7) is 4.19. The van der Waals surface area contributed by atoms with E-state index in [9.17, 15) is 19.6 Å². The number of anilines is 1. The first-order valence-corrected chi connectivity index (χ1v) is 10.9. The van der Waals surface area contributed by atoms with Gasteiger partial charge < -0.3 is 19.7 Å². The standard InChI is InChI=1S/C22H25N3O5S/c1-4-30-22(28)19-11-18(21(27)29-3)15(2)25(17-7-5-6-16(10-17)12-23)20(19)13-31-9-8-24-14-26/h5-7,10,14H,4,8-9,11,13H2,1-3H3,(H,24,26). The number of carbonyl (C=O) groups excluding carboxylic acids is 3. The van der Waals surface area contributed by atoms with Gasteiger partial charge in [-0.3, -0.25) is 4.79 Å². The van der Waals surface area contributed by atoms with Crippen LogP contribution >= 0.6 is 11.8 Å². The van der Waals surface area contributed by atoms with Crippen LogP contribution in [-0.4, -0.2) is 50.1 Å². The molecule has 1 aromatic carbocycles. The molecule has 0 aliphatic carbocycles. The highest BCUT2D eigenvalue weighted by Gasteiger charge is 2.33. The van der Waals surface area contributed by atoms with Crippen LogP contribution in [0.15, 0.2) is 46.8 Å². The zero-order valence-corrected chi connectivity index (χ0v) is 18.6. The average molecular weight is 444 g/mol. The van der Waals surface area contributed by atoms with Crippen molar-refractivity contribution < 1.29 is 23.9 Å². The molecule has 1 aliphatic heterocycles. The highest BCUT2D eigenvalue weighted by atomic mass is 32.2. The second-order valence-electron chi connectivity index (χ2n) is 6.50. The topological polar surface area (TPSA) is 109 Å². The van der Waals surface area contributed by atoms with E-state index in [1.807, 2.05) is 11.0 Å². The van der Waals surface area contributed by atoms with Crippen LogP contribution in [0.25, 0.3) is 0 Å². The lowest BCUT2D eigenvalue weighted by Gasteiger charge is -2.35. The van der Waals surface area contributed by atoms with Gasteiger partial charge >= 0.3 is 11.9 Å². The number of ether oxygens (including phenoxy) is 2. The minimum atomic E-state index is -0.525. The summed E-state index contributed by atoms with van der Waals surface area (Å²) in [5.41, 5.74) is 3.12. The van der Waals surface area contributed by atoms with E-state index in [1.165, 1.54) is 18.9 Å². The van der Waals surface area contributed by atoms with E-state index in [4.69, 9.17) is 9.47 Å². The first-order chi connectivity index (χ1) is 15.0. The predicted molar refractivity (Wildman–Crippen MR) is 118 cm³/mol. The van der Waals surface area contributed by atoms with Crippen LogP contribution in [0.2, 0.25) is 0 Å². The van der Waals surface area contributed by atoms with E-state index in [1.54, 1.807) is 32.0 Å². The van der Waals surface area contributed by atoms with Crippen LogP contribution < -0.4 is 10.2 Å². The van der Waals surface area contributed by atoms with Crippen molar-refractivity contribution in [2.75, 3.05) is 36.7 Å². The number of benzene rings is 1. The Labute approximate surface area is 185 Å². The van der Waals surface area contributed by atoms with Crippen molar-refractivity contribution in [3.8, 4) is 6.07 Å². The van der Waals surface area contributed by atoms with Crippen molar-refractivity contribution in [3.63, 3.8) is 0 Å². The van der Waals surface area contributed by atoms with Crippen LogP contribution in [0, 0.1) is 11.3 Å². The molecule has 0 unspecified atom stereocenters. The Bertz CT molecular complexity index is 949. The lowest BCUT2D eigenvalue weighted by molar-refractivity contribution is -0.138. The minimum absolute atomic E-state index is 0.0915. The number of carbonyl (C=O) groups is 3. The maximum absolute atomic E-state index is 12.8. The van der Waals surface area contributed by atoms with Crippen LogP contribution in [-0.2, 0) is 23.9 Å². The predicted octanol–water partition coefficient (Wildman–Crippen LogP) is 2.51. The van der Waals surface area contributed by atoms with Crippen molar-refractivity contribution >= 4 is 35.8 Å². The summed E-state index contributed by atoms with van der Waals surface area (Å²) in [7, 11) is 1.29. The van der Waals surface area contributed by atoms with Gasteiger partial charge in [-0.15, -0.1) is 0 Å². The monoisotopic (exact) mass is 443 g/mol. The Kier molecular flexibility index (Phi) is 9.15. The summed E-state index contributed by atoms with van der Waals surface area (Å²) in [4.78, 5) is 37.6. The number of nitriles is 1. The van der Waals surface area contributed by atoms with Crippen molar-refractivity contribution in [3.05, 3.63) is 52.4 Å². The summed E-state index contributed by atoms with van der Waals surface area (Å²) in [6, 6.07) is 9.05. The van der Waals surface area contributed by atoms with Gasteiger partial charge in [0.1, 0.15) is 0 Å². The molecule has 1 heterocycles. The van der Waals surface area contributed by atoms with E-state index in [0.29, 0.717) is 58.3 Å². The van der Waals surface area contributed by atoms with Gasteiger partial charge in [0.2, 0.25) is 6.41 Å². The molecule has 8 nitrogen and oxygen atoms in total. The molecule has 1 amide bonds.